The summed E-state index contributed by atoms with van der Waals surface area (Å²) in [6.07, 6.45) is 4.35. The first kappa shape index (κ1) is 18.0. The van der Waals surface area contributed by atoms with E-state index in [1.165, 1.54) is 5.56 Å². The van der Waals surface area contributed by atoms with Gasteiger partial charge in [0.1, 0.15) is 5.69 Å². The van der Waals surface area contributed by atoms with Crippen molar-refractivity contribution >= 4 is 38.8 Å². The van der Waals surface area contributed by atoms with Crippen molar-refractivity contribution in [2.24, 2.45) is 0 Å². The topological polar surface area (TPSA) is 39.3 Å². The van der Waals surface area contributed by atoms with Crippen molar-refractivity contribution in [1.29, 1.82) is 0 Å². The molecule has 1 aliphatic rings. The third-order valence-electron chi connectivity index (χ3n) is 4.95. The molecule has 2 aromatic carbocycles. The first-order valence-electron chi connectivity index (χ1n) is 9.20. The quantitative estimate of drug-likeness (QED) is 0.675. The van der Waals surface area contributed by atoms with Crippen LogP contribution < -0.4 is 0 Å². The number of fused-ring (bicyclic) bond motifs is 1. The van der Waals surface area contributed by atoms with E-state index in [-0.39, 0.29) is 5.91 Å². The van der Waals surface area contributed by atoms with Crippen LogP contribution in [-0.4, -0.2) is 53.4 Å². The van der Waals surface area contributed by atoms with E-state index in [1.807, 2.05) is 47.4 Å². The molecule has 0 radical (unpaired) electrons. The van der Waals surface area contributed by atoms with Gasteiger partial charge in [0.05, 0.1) is 0 Å². The zero-order valence-corrected chi connectivity index (χ0v) is 16.7. The van der Waals surface area contributed by atoms with Crippen molar-refractivity contribution in [2.75, 3.05) is 32.7 Å². The van der Waals surface area contributed by atoms with Gasteiger partial charge in [-0.05, 0) is 23.8 Å². The van der Waals surface area contributed by atoms with Gasteiger partial charge in [-0.15, -0.1) is 0 Å². The molecule has 138 valence electrons. The van der Waals surface area contributed by atoms with Crippen molar-refractivity contribution in [3.63, 3.8) is 0 Å². The van der Waals surface area contributed by atoms with Crippen molar-refractivity contribution in [2.45, 2.75) is 0 Å². The van der Waals surface area contributed by atoms with E-state index >= 15 is 0 Å². The van der Waals surface area contributed by atoms with Crippen molar-refractivity contribution in [3.8, 4) is 0 Å². The summed E-state index contributed by atoms with van der Waals surface area (Å²) in [5.74, 6) is 0.0850. The van der Waals surface area contributed by atoms with E-state index in [0.29, 0.717) is 5.69 Å². The number of rotatable bonds is 4. The minimum Gasteiger partial charge on any atom is -0.350 e. The van der Waals surface area contributed by atoms with Gasteiger partial charge >= 0.3 is 0 Å². The molecule has 2 heterocycles. The maximum atomic E-state index is 12.8. The van der Waals surface area contributed by atoms with Crippen LogP contribution in [0.15, 0.2) is 65.1 Å². The summed E-state index contributed by atoms with van der Waals surface area (Å²) in [4.78, 5) is 20.4. The first-order chi connectivity index (χ1) is 13.2. The molecule has 0 aliphatic carbocycles. The Balaban J connectivity index is 1.33. The Bertz CT molecular complexity index is 956. The van der Waals surface area contributed by atoms with Crippen LogP contribution in [0.3, 0.4) is 0 Å². The van der Waals surface area contributed by atoms with E-state index in [0.717, 1.165) is 48.1 Å². The van der Waals surface area contributed by atoms with Gasteiger partial charge in [-0.25, -0.2) is 0 Å². The molecule has 0 spiro atoms. The van der Waals surface area contributed by atoms with Gasteiger partial charge in [-0.3, -0.25) is 9.69 Å². The number of aromatic nitrogens is 1. The molecule has 3 aromatic rings. The van der Waals surface area contributed by atoms with E-state index in [2.05, 4.69) is 50.1 Å². The summed E-state index contributed by atoms with van der Waals surface area (Å²) in [5, 5.41) is 1.06. The van der Waals surface area contributed by atoms with Gasteiger partial charge < -0.3 is 9.88 Å². The third kappa shape index (κ3) is 4.31. The lowest BCUT2D eigenvalue weighted by molar-refractivity contribution is 0.0645. The number of carbonyl (C=O) groups is 1. The van der Waals surface area contributed by atoms with Crippen LogP contribution in [0.1, 0.15) is 16.1 Å². The average Bonchev–Trinajstić information content (AvgIpc) is 3.12. The number of halogens is 1. The number of nitrogens with one attached hydrogen (secondary N) is 1. The number of hydrogen-bond donors (Lipinski definition) is 1. The summed E-state index contributed by atoms with van der Waals surface area (Å²) in [6, 6.07) is 18.3. The molecule has 4 rings (SSSR count). The van der Waals surface area contributed by atoms with Crippen LogP contribution in [0.4, 0.5) is 0 Å². The van der Waals surface area contributed by atoms with Crippen LogP contribution in [0.5, 0.6) is 0 Å². The smallest absolute Gasteiger partial charge is 0.270 e. The molecule has 4 nitrogen and oxygen atoms in total. The third-order valence-corrected chi connectivity index (χ3v) is 5.44. The molecule has 1 aromatic heterocycles. The van der Waals surface area contributed by atoms with Crippen LogP contribution in [-0.2, 0) is 0 Å². The van der Waals surface area contributed by atoms with Gasteiger partial charge in [-0.2, -0.15) is 0 Å². The molecular formula is C22H22BrN3O. The van der Waals surface area contributed by atoms with Gasteiger partial charge in [0.15, 0.2) is 0 Å². The SMILES string of the molecule is O=C(c1cc2ccc(Br)cc2[nH]1)N1CCN(C/C=C/c2ccccc2)CC1. The van der Waals surface area contributed by atoms with E-state index < -0.39 is 0 Å². The zero-order chi connectivity index (χ0) is 18.6. The second-order valence-electron chi connectivity index (χ2n) is 6.82. The molecule has 0 saturated carbocycles. The van der Waals surface area contributed by atoms with Crippen LogP contribution in [0, 0.1) is 0 Å². The highest BCUT2D eigenvalue weighted by Crippen LogP contribution is 2.21. The van der Waals surface area contributed by atoms with Crippen molar-refractivity contribution in [1.82, 2.24) is 14.8 Å². The molecule has 0 unspecified atom stereocenters. The van der Waals surface area contributed by atoms with Gasteiger partial charge in [0.2, 0.25) is 0 Å². The second kappa shape index (κ2) is 8.11. The van der Waals surface area contributed by atoms with E-state index in [1.54, 1.807) is 0 Å². The number of amides is 1. The summed E-state index contributed by atoms with van der Waals surface area (Å²) in [7, 11) is 0. The lowest BCUT2D eigenvalue weighted by Crippen LogP contribution is -2.48. The molecule has 0 atom stereocenters. The molecular weight excluding hydrogens is 402 g/mol. The summed E-state index contributed by atoms with van der Waals surface area (Å²) >= 11 is 3.47. The van der Waals surface area contributed by atoms with Gasteiger partial charge in [0, 0.05) is 48.1 Å². The number of piperazine rings is 1. The average molecular weight is 424 g/mol. The number of benzene rings is 2. The lowest BCUT2D eigenvalue weighted by Gasteiger charge is -2.33. The minimum atomic E-state index is 0.0850. The minimum absolute atomic E-state index is 0.0850. The van der Waals surface area contributed by atoms with E-state index in [4.69, 9.17) is 0 Å². The number of carbonyl (C=O) groups excluding carboxylic acids is 1. The highest BCUT2D eigenvalue weighted by molar-refractivity contribution is 9.10. The Morgan fingerprint density at radius 3 is 2.59 bits per heavy atom. The molecule has 1 fully saturated rings. The highest BCUT2D eigenvalue weighted by Gasteiger charge is 2.22. The fourth-order valence-corrected chi connectivity index (χ4v) is 3.78. The Morgan fingerprint density at radius 2 is 1.81 bits per heavy atom. The Labute approximate surface area is 167 Å². The number of hydrogen-bond acceptors (Lipinski definition) is 2. The van der Waals surface area contributed by atoms with Crippen molar-refractivity contribution < 1.29 is 4.79 Å². The highest BCUT2D eigenvalue weighted by atomic mass is 79.9. The predicted molar refractivity (Wildman–Crippen MR) is 114 cm³/mol. The van der Waals surface area contributed by atoms with Gasteiger partial charge in [-0.1, -0.05) is 64.5 Å². The molecule has 27 heavy (non-hydrogen) atoms. The van der Waals surface area contributed by atoms with Crippen LogP contribution in [0.2, 0.25) is 0 Å². The van der Waals surface area contributed by atoms with Crippen LogP contribution >= 0.6 is 15.9 Å². The summed E-state index contributed by atoms with van der Waals surface area (Å²) < 4.78 is 1.01. The first-order valence-corrected chi connectivity index (χ1v) is 10.00. The van der Waals surface area contributed by atoms with Crippen LogP contribution in [0.25, 0.3) is 17.0 Å². The lowest BCUT2D eigenvalue weighted by atomic mass is 10.2. The Kier molecular flexibility index (Phi) is 5.41. The molecule has 5 heteroatoms. The molecule has 0 bridgehead atoms. The Hall–Kier alpha value is -2.37. The zero-order valence-electron chi connectivity index (χ0n) is 15.1. The largest absolute Gasteiger partial charge is 0.350 e. The summed E-state index contributed by atoms with van der Waals surface area (Å²) in [5.41, 5.74) is 2.87. The second-order valence-corrected chi connectivity index (χ2v) is 7.74. The fraction of sp³-hybridized carbons (Fsp3) is 0.227. The van der Waals surface area contributed by atoms with E-state index in [9.17, 15) is 4.79 Å². The Morgan fingerprint density at radius 1 is 1.04 bits per heavy atom. The van der Waals surface area contributed by atoms with Gasteiger partial charge in [0.25, 0.3) is 5.91 Å². The summed E-state index contributed by atoms with van der Waals surface area (Å²) in [6.45, 7) is 4.23. The fourth-order valence-electron chi connectivity index (χ4n) is 3.42. The maximum absolute atomic E-state index is 12.8. The van der Waals surface area contributed by atoms with Crippen molar-refractivity contribution in [3.05, 3.63) is 76.4 Å². The normalized spacial score (nSPS) is 15.7. The molecule has 1 amide bonds. The monoisotopic (exact) mass is 423 g/mol. The molecule has 1 aliphatic heterocycles. The molecule has 1 saturated heterocycles. The number of H-pyrrole nitrogens is 1. The maximum Gasteiger partial charge on any atom is 0.270 e. The number of aromatic amines is 1. The predicted octanol–water partition coefficient (Wildman–Crippen LogP) is 4.40. The molecule has 1 N–H and O–H groups in total. The standard InChI is InChI=1S/C22H22BrN3O/c23-19-9-8-18-15-21(24-20(18)16-19)22(27)26-13-11-25(12-14-26)10-4-7-17-5-2-1-3-6-17/h1-9,15-16,24H,10-14H2/b7-4+. The number of nitrogens with zero attached hydrogens (tertiary/aromatic N) is 2.